The lowest BCUT2D eigenvalue weighted by Crippen LogP contribution is -2.22. The van der Waals surface area contributed by atoms with Gasteiger partial charge in [-0.05, 0) is 17.7 Å². The summed E-state index contributed by atoms with van der Waals surface area (Å²) in [6.07, 6.45) is 1.97. The van der Waals surface area contributed by atoms with Gasteiger partial charge in [-0.1, -0.05) is 23.7 Å². The van der Waals surface area contributed by atoms with Crippen molar-refractivity contribution in [2.24, 2.45) is 0 Å². The number of fused-ring (bicyclic) bond motifs is 1. The Bertz CT molecular complexity index is 495. The van der Waals surface area contributed by atoms with E-state index in [2.05, 4.69) is 17.4 Å². The minimum absolute atomic E-state index is 0.788. The zero-order valence-electron chi connectivity index (χ0n) is 9.37. The van der Waals surface area contributed by atoms with Gasteiger partial charge in [0.2, 0.25) is 0 Å². The van der Waals surface area contributed by atoms with Gasteiger partial charge in [-0.15, -0.1) is 11.3 Å². The van der Waals surface area contributed by atoms with Crippen LogP contribution in [0.5, 0.6) is 0 Å². The summed E-state index contributed by atoms with van der Waals surface area (Å²) in [7, 11) is 0. The molecule has 1 N–H and O–H groups in total. The van der Waals surface area contributed by atoms with Crippen LogP contribution in [-0.4, -0.2) is 11.5 Å². The fourth-order valence-electron chi connectivity index (χ4n) is 2.03. The van der Waals surface area contributed by atoms with Gasteiger partial charge in [-0.25, -0.2) is 4.98 Å². The van der Waals surface area contributed by atoms with Crippen LogP contribution in [0.1, 0.15) is 21.1 Å². The molecule has 0 saturated heterocycles. The standard InChI is InChI=1S/C13H13ClN2S/c14-10-3-1-9(2-4-10)7-13-16-11-5-6-15-8-12(11)17-13/h1-4,15H,5-8H2. The first-order chi connectivity index (χ1) is 8.31. The number of thiazole rings is 1. The Morgan fingerprint density at radius 1 is 1.29 bits per heavy atom. The van der Waals surface area contributed by atoms with Crippen LogP contribution in [0.15, 0.2) is 24.3 Å². The number of aromatic nitrogens is 1. The van der Waals surface area contributed by atoms with Gasteiger partial charge in [0.15, 0.2) is 0 Å². The van der Waals surface area contributed by atoms with Crippen LogP contribution < -0.4 is 5.32 Å². The molecular weight excluding hydrogens is 252 g/mol. The Balaban J connectivity index is 1.80. The zero-order chi connectivity index (χ0) is 11.7. The molecule has 4 heteroatoms. The van der Waals surface area contributed by atoms with Gasteiger partial charge >= 0.3 is 0 Å². The molecule has 2 aromatic rings. The monoisotopic (exact) mass is 264 g/mol. The van der Waals surface area contributed by atoms with E-state index >= 15 is 0 Å². The predicted octanol–water partition coefficient (Wildman–Crippen LogP) is 3.03. The second kappa shape index (κ2) is 4.77. The number of rotatable bonds is 2. The third kappa shape index (κ3) is 2.51. The van der Waals surface area contributed by atoms with Crippen LogP contribution in [0.25, 0.3) is 0 Å². The van der Waals surface area contributed by atoms with E-state index in [1.165, 1.54) is 21.1 Å². The van der Waals surface area contributed by atoms with Crippen molar-refractivity contribution >= 4 is 22.9 Å². The Hall–Kier alpha value is -0.900. The lowest BCUT2D eigenvalue weighted by Gasteiger charge is -2.09. The smallest absolute Gasteiger partial charge is 0.0975 e. The molecular formula is C13H13ClN2S. The van der Waals surface area contributed by atoms with Crippen LogP contribution in [-0.2, 0) is 19.4 Å². The van der Waals surface area contributed by atoms with Crippen LogP contribution in [0.4, 0.5) is 0 Å². The van der Waals surface area contributed by atoms with Crippen LogP contribution >= 0.6 is 22.9 Å². The van der Waals surface area contributed by atoms with Gasteiger partial charge in [-0.3, -0.25) is 0 Å². The van der Waals surface area contributed by atoms with Crippen LogP contribution in [0, 0.1) is 0 Å². The van der Waals surface area contributed by atoms with Crippen LogP contribution in [0.3, 0.4) is 0 Å². The van der Waals surface area contributed by atoms with E-state index in [0.29, 0.717) is 0 Å². The van der Waals surface area contributed by atoms with Crippen molar-refractivity contribution in [2.75, 3.05) is 6.54 Å². The first-order valence-corrected chi connectivity index (χ1v) is 6.93. The highest BCUT2D eigenvalue weighted by Gasteiger charge is 2.14. The molecule has 0 saturated carbocycles. The highest BCUT2D eigenvalue weighted by Crippen LogP contribution is 2.23. The molecule has 3 rings (SSSR count). The highest BCUT2D eigenvalue weighted by molar-refractivity contribution is 7.11. The molecule has 0 spiro atoms. The van der Waals surface area contributed by atoms with E-state index < -0.39 is 0 Å². The van der Waals surface area contributed by atoms with E-state index in [4.69, 9.17) is 16.6 Å². The van der Waals surface area contributed by atoms with Gasteiger partial charge in [0.25, 0.3) is 0 Å². The van der Waals surface area contributed by atoms with Gasteiger partial charge < -0.3 is 5.32 Å². The summed E-state index contributed by atoms with van der Waals surface area (Å²) < 4.78 is 0. The van der Waals surface area contributed by atoms with Gasteiger partial charge in [-0.2, -0.15) is 0 Å². The van der Waals surface area contributed by atoms with Crippen molar-refractivity contribution in [1.29, 1.82) is 0 Å². The third-order valence-corrected chi connectivity index (χ3v) is 4.26. The number of nitrogens with zero attached hydrogens (tertiary/aromatic N) is 1. The molecule has 1 aliphatic rings. The normalized spacial score (nSPS) is 14.6. The van der Waals surface area contributed by atoms with E-state index in [1.807, 2.05) is 23.5 Å². The SMILES string of the molecule is Clc1ccc(Cc2nc3c(s2)CNCC3)cc1. The molecule has 2 nitrogen and oxygen atoms in total. The molecule has 0 fully saturated rings. The van der Waals surface area contributed by atoms with E-state index in [1.54, 1.807) is 0 Å². The molecule has 0 amide bonds. The number of benzene rings is 1. The summed E-state index contributed by atoms with van der Waals surface area (Å²) in [5.74, 6) is 0. The molecule has 0 bridgehead atoms. The number of hydrogen-bond acceptors (Lipinski definition) is 3. The minimum Gasteiger partial charge on any atom is -0.311 e. The number of halogens is 1. The Kier molecular flexibility index (Phi) is 3.14. The lowest BCUT2D eigenvalue weighted by atomic mass is 10.1. The first-order valence-electron chi connectivity index (χ1n) is 5.74. The molecule has 0 aliphatic carbocycles. The molecule has 1 aromatic carbocycles. The van der Waals surface area contributed by atoms with E-state index in [0.717, 1.165) is 31.0 Å². The summed E-state index contributed by atoms with van der Waals surface area (Å²) in [5, 5.41) is 5.38. The van der Waals surface area contributed by atoms with E-state index in [9.17, 15) is 0 Å². The summed E-state index contributed by atoms with van der Waals surface area (Å²) in [6, 6.07) is 8.01. The number of hydrogen-bond donors (Lipinski definition) is 1. The first kappa shape index (κ1) is 11.2. The Labute approximate surface area is 110 Å². The third-order valence-electron chi connectivity index (χ3n) is 2.92. The lowest BCUT2D eigenvalue weighted by molar-refractivity contribution is 0.643. The maximum absolute atomic E-state index is 5.88. The van der Waals surface area contributed by atoms with Gasteiger partial charge in [0.1, 0.15) is 0 Å². The average molecular weight is 265 g/mol. The molecule has 1 aliphatic heterocycles. The topological polar surface area (TPSA) is 24.9 Å². The maximum atomic E-state index is 5.88. The molecule has 2 heterocycles. The van der Waals surface area contributed by atoms with Crippen molar-refractivity contribution in [1.82, 2.24) is 10.3 Å². The van der Waals surface area contributed by atoms with Crippen molar-refractivity contribution in [3.8, 4) is 0 Å². The molecule has 0 radical (unpaired) electrons. The zero-order valence-corrected chi connectivity index (χ0v) is 10.9. The maximum Gasteiger partial charge on any atom is 0.0975 e. The highest BCUT2D eigenvalue weighted by atomic mass is 35.5. The van der Waals surface area contributed by atoms with Crippen molar-refractivity contribution in [2.45, 2.75) is 19.4 Å². The van der Waals surface area contributed by atoms with Crippen molar-refractivity contribution in [3.05, 3.63) is 50.4 Å². The van der Waals surface area contributed by atoms with E-state index in [-0.39, 0.29) is 0 Å². The second-order valence-corrected chi connectivity index (χ2v) is 5.81. The fourth-order valence-corrected chi connectivity index (χ4v) is 3.28. The summed E-state index contributed by atoms with van der Waals surface area (Å²) >= 11 is 7.70. The molecule has 88 valence electrons. The molecule has 0 atom stereocenters. The summed E-state index contributed by atoms with van der Waals surface area (Å²) in [4.78, 5) is 6.12. The summed E-state index contributed by atoms with van der Waals surface area (Å²) in [6.45, 7) is 2.03. The minimum atomic E-state index is 0.788. The fraction of sp³-hybridized carbons (Fsp3) is 0.308. The molecule has 0 unspecified atom stereocenters. The average Bonchev–Trinajstić information content (AvgIpc) is 2.74. The Morgan fingerprint density at radius 2 is 2.12 bits per heavy atom. The Morgan fingerprint density at radius 3 is 2.88 bits per heavy atom. The van der Waals surface area contributed by atoms with Gasteiger partial charge in [0.05, 0.1) is 10.7 Å². The largest absolute Gasteiger partial charge is 0.311 e. The van der Waals surface area contributed by atoms with Crippen molar-refractivity contribution < 1.29 is 0 Å². The quantitative estimate of drug-likeness (QED) is 0.902. The van der Waals surface area contributed by atoms with Crippen molar-refractivity contribution in [3.63, 3.8) is 0 Å². The van der Waals surface area contributed by atoms with Gasteiger partial charge in [0, 0.05) is 35.8 Å². The molecule has 1 aromatic heterocycles. The predicted molar refractivity (Wildman–Crippen MR) is 71.8 cm³/mol. The summed E-state index contributed by atoms with van der Waals surface area (Å²) in [5.41, 5.74) is 2.56. The van der Waals surface area contributed by atoms with Crippen LogP contribution in [0.2, 0.25) is 5.02 Å². The molecule has 17 heavy (non-hydrogen) atoms. The second-order valence-electron chi connectivity index (χ2n) is 4.21. The number of nitrogens with one attached hydrogen (secondary N) is 1.